The number of hydrogen-bond donors (Lipinski definition) is 0. The van der Waals surface area contributed by atoms with E-state index in [1.54, 1.807) is 4.90 Å². The average Bonchev–Trinajstić information content (AvgIpc) is 2.62. The van der Waals surface area contributed by atoms with Gasteiger partial charge in [-0.2, -0.15) is 13.2 Å². The van der Waals surface area contributed by atoms with E-state index in [0.717, 1.165) is 57.8 Å². The maximum absolute atomic E-state index is 12.6. The van der Waals surface area contributed by atoms with Gasteiger partial charge in [0.1, 0.15) is 0 Å². The number of piperazine rings is 1. The minimum atomic E-state index is -4.38. The molecule has 1 amide bonds. The van der Waals surface area contributed by atoms with Crippen LogP contribution in [0.25, 0.3) is 0 Å². The number of nitrogens with zero attached hydrogens (tertiary/aromatic N) is 2. The Morgan fingerprint density at radius 2 is 1.64 bits per heavy atom. The highest BCUT2D eigenvalue weighted by molar-refractivity contribution is 5.94. The molecule has 0 unspecified atom stereocenters. The maximum atomic E-state index is 12.6. The van der Waals surface area contributed by atoms with Crippen LogP contribution in [-0.4, -0.2) is 61.6 Å². The lowest BCUT2D eigenvalue weighted by atomic mass is 9.99. The molecule has 2 aliphatic heterocycles. The predicted octanol–water partition coefficient (Wildman–Crippen LogP) is 2.89. The zero-order valence-corrected chi connectivity index (χ0v) is 14.1. The van der Waals surface area contributed by atoms with Gasteiger partial charge in [0.15, 0.2) is 0 Å². The molecule has 0 saturated carbocycles. The van der Waals surface area contributed by atoms with Crippen LogP contribution in [0.3, 0.4) is 0 Å². The zero-order valence-electron chi connectivity index (χ0n) is 14.1. The van der Waals surface area contributed by atoms with Gasteiger partial charge in [-0.3, -0.25) is 9.69 Å². The summed E-state index contributed by atoms with van der Waals surface area (Å²) in [5.41, 5.74) is -0.420. The first-order valence-corrected chi connectivity index (χ1v) is 8.70. The Kier molecular flexibility index (Phi) is 5.64. The minimum Gasteiger partial charge on any atom is -0.381 e. The summed E-state index contributed by atoms with van der Waals surface area (Å²) in [6.45, 7) is 5.54. The number of benzene rings is 1. The lowest BCUT2D eigenvalue weighted by Gasteiger charge is -2.37. The van der Waals surface area contributed by atoms with Crippen molar-refractivity contribution in [3.8, 4) is 0 Å². The van der Waals surface area contributed by atoms with Gasteiger partial charge >= 0.3 is 6.18 Å². The number of rotatable bonds is 3. The fourth-order valence-electron chi connectivity index (χ4n) is 3.41. The number of ether oxygens (including phenoxy) is 1. The molecule has 2 saturated heterocycles. The Bertz CT molecular complexity index is 575. The third kappa shape index (κ3) is 4.73. The molecule has 0 N–H and O–H groups in total. The zero-order chi connectivity index (χ0) is 17.9. The molecule has 138 valence electrons. The van der Waals surface area contributed by atoms with Gasteiger partial charge in [-0.15, -0.1) is 0 Å². The molecule has 3 rings (SSSR count). The van der Waals surface area contributed by atoms with Crippen molar-refractivity contribution in [2.24, 2.45) is 5.92 Å². The lowest BCUT2D eigenvalue weighted by molar-refractivity contribution is -0.137. The first-order valence-electron chi connectivity index (χ1n) is 8.70. The van der Waals surface area contributed by atoms with Gasteiger partial charge in [0.05, 0.1) is 5.56 Å². The van der Waals surface area contributed by atoms with Crippen LogP contribution in [0.5, 0.6) is 0 Å². The largest absolute Gasteiger partial charge is 0.416 e. The van der Waals surface area contributed by atoms with E-state index in [9.17, 15) is 18.0 Å². The minimum absolute atomic E-state index is 0.195. The molecule has 1 aromatic carbocycles. The molecule has 1 aromatic rings. The second-order valence-corrected chi connectivity index (χ2v) is 6.72. The van der Waals surface area contributed by atoms with E-state index in [4.69, 9.17) is 4.74 Å². The van der Waals surface area contributed by atoms with Crippen LogP contribution in [0.4, 0.5) is 13.2 Å². The Labute approximate surface area is 145 Å². The Morgan fingerprint density at radius 1 is 1.04 bits per heavy atom. The molecular formula is C18H23F3N2O2. The van der Waals surface area contributed by atoms with Crippen LogP contribution >= 0.6 is 0 Å². The third-order valence-corrected chi connectivity index (χ3v) is 4.98. The topological polar surface area (TPSA) is 32.8 Å². The molecule has 0 bridgehead atoms. The van der Waals surface area contributed by atoms with Crippen LogP contribution in [0.15, 0.2) is 24.3 Å². The Hall–Kier alpha value is -1.60. The number of alkyl halides is 3. The normalized spacial score (nSPS) is 20.7. The van der Waals surface area contributed by atoms with Crippen molar-refractivity contribution in [3.05, 3.63) is 35.4 Å². The monoisotopic (exact) mass is 356 g/mol. The first kappa shape index (κ1) is 18.2. The van der Waals surface area contributed by atoms with Crippen LogP contribution in [0, 0.1) is 5.92 Å². The van der Waals surface area contributed by atoms with Gasteiger partial charge in [-0.1, -0.05) is 0 Å². The standard InChI is InChI=1S/C18H23F3N2O2/c19-18(20,21)16-3-1-15(2-4-16)17(24)23-9-7-22(8-10-23)13-14-5-11-25-12-6-14/h1-4,14H,5-13H2. The summed E-state index contributed by atoms with van der Waals surface area (Å²) in [6, 6.07) is 4.46. The van der Waals surface area contributed by atoms with Gasteiger partial charge < -0.3 is 9.64 Å². The molecule has 2 aliphatic rings. The molecule has 25 heavy (non-hydrogen) atoms. The summed E-state index contributed by atoms with van der Waals surface area (Å²) in [4.78, 5) is 16.6. The highest BCUT2D eigenvalue weighted by atomic mass is 19.4. The highest BCUT2D eigenvalue weighted by Gasteiger charge is 2.31. The molecule has 0 aliphatic carbocycles. The third-order valence-electron chi connectivity index (χ3n) is 4.98. The van der Waals surface area contributed by atoms with Crippen molar-refractivity contribution >= 4 is 5.91 Å². The summed E-state index contributed by atoms with van der Waals surface area (Å²) >= 11 is 0. The molecule has 4 nitrogen and oxygen atoms in total. The van der Waals surface area contributed by atoms with Crippen LogP contribution < -0.4 is 0 Å². The molecule has 0 atom stereocenters. The fraction of sp³-hybridized carbons (Fsp3) is 0.611. The maximum Gasteiger partial charge on any atom is 0.416 e. The Balaban J connectivity index is 1.51. The number of halogens is 3. The molecule has 7 heteroatoms. The SMILES string of the molecule is O=C(c1ccc(C(F)(F)F)cc1)N1CCN(CC2CCOCC2)CC1. The quantitative estimate of drug-likeness (QED) is 0.835. The van der Waals surface area contributed by atoms with Crippen molar-refractivity contribution in [3.63, 3.8) is 0 Å². The molecular weight excluding hydrogens is 333 g/mol. The first-order chi connectivity index (χ1) is 11.9. The summed E-state index contributed by atoms with van der Waals surface area (Å²) < 4.78 is 43.2. The van der Waals surface area contributed by atoms with Crippen molar-refractivity contribution in [2.75, 3.05) is 45.9 Å². The number of hydrogen-bond acceptors (Lipinski definition) is 3. The lowest BCUT2D eigenvalue weighted by Crippen LogP contribution is -2.50. The van der Waals surface area contributed by atoms with Gasteiger partial charge in [0, 0.05) is 51.5 Å². The van der Waals surface area contributed by atoms with Crippen LogP contribution in [0.2, 0.25) is 0 Å². The number of carbonyl (C=O) groups is 1. The van der Waals surface area contributed by atoms with Gasteiger partial charge in [-0.25, -0.2) is 0 Å². The summed E-state index contributed by atoms with van der Waals surface area (Å²) in [5.74, 6) is 0.463. The molecule has 0 spiro atoms. The molecule has 2 heterocycles. The summed E-state index contributed by atoms with van der Waals surface area (Å²) in [6.07, 6.45) is -2.20. The van der Waals surface area contributed by atoms with E-state index >= 15 is 0 Å². The highest BCUT2D eigenvalue weighted by Crippen LogP contribution is 2.29. The van der Waals surface area contributed by atoms with Gasteiger partial charge in [0.2, 0.25) is 0 Å². The number of amides is 1. The smallest absolute Gasteiger partial charge is 0.381 e. The second kappa shape index (κ2) is 7.74. The van der Waals surface area contributed by atoms with E-state index in [1.165, 1.54) is 12.1 Å². The number of carbonyl (C=O) groups excluding carboxylic acids is 1. The van der Waals surface area contributed by atoms with Crippen molar-refractivity contribution in [1.29, 1.82) is 0 Å². The van der Waals surface area contributed by atoms with Crippen molar-refractivity contribution < 1.29 is 22.7 Å². The summed E-state index contributed by atoms with van der Waals surface area (Å²) in [5, 5.41) is 0. The Morgan fingerprint density at radius 3 is 2.20 bits per heavy atom. The molecule has 0 radical (unpaired) electrons. The van der Waals surface area contributed by atoms with Crippen molar-refractivity contribution in [1.82, 2.24) is 9.80 Å². The van der Waals surface area contributed by atoms with Gasteiger partial charge in [0.25, 0.3) is 5.91 Å². The van der Waals surface area contributed by atoms with Gasteiger partial charge in [-0.05, 0) is 43.0 Å². The fourth-order valence-corrected chi connectivity index (χ4v) is 3.41. The van der Waals surface area contributed by atoms with E-state index in [0.29, 0.717) is 24.6 Å². The van der Waals surface area contributed by atoms with E-state index < -0.39 is 11.7 Å². The second-order valence-electron chi connectivity index (χ2n) is 6.72. The van der Waals surface area contributed by atoms with E-state index in [1.807, 2.05) is 0 Å². The van der Waals surface area contributed by atoms with E-state index in [2.05, 4.69) is 4.90 Å². The molecule has 2 fully saturated rings. The molecule has 0 aromatic heterocycles. The van der Waals surface area contributed by atoms with Crippen LogP contribution in [-0.2, 0) is 10.9 Å². The summed E-state index contributed by atoms with van der Waals surface area (Å²) in [7, 11) is 0. The average molecular weight is 356 g/mol. The van der Waals surface area contributed by atoms with E-state index in [-0.39, 0.29) is 5.91 Å². The predicted molar refractivity (Wildman–Crippen MR) is 87.3 cm³/mol. The van der Waals surface area contributed by atoms with Crippen LogP contribution in [0.1, 0.15) is 28.8 Å². The van der Waals surface area contributed by atoms with Crippen molar-refractivity contribution in [2.45, 2.75) is 19.0 Å².